The van der Waals surface area contributed by atoms with Crippen molar-refractivity contribution in [1.82, 2.24) is 10.2 Å². The van der Waals surface area contributed by atoms with Crippen LogP contribution in [0.15, 0.2) is 29.2 Å². The van der Waals surface area contributed by atoms with Gasteiger partial charge in [-0.3, -0.25) is 9.59 Å². The van der Waals surface area contributed by atoms with Crippen molar-refractivity contribution in [3.8, 4) is 0 Å². The fraction of sp³-hybridized carbons (Fsp3) is 0.556. The first kappa shape index (κ1) is 16.4. The fourth-order valence-corrected chi connectivity index (χ4v) is 3.60. The molecule has 1 aromatic rings. The highest BCUT2D eigenvalue weighted by molar-refractivity contribution is 8.00. The van der Waals surface area contributed by atoms with E-state index in [9.17, 15) is 9.59 Å². The van der Waals surface area contributed by atoms with E-state index in [2.05, 4.69) is 36.5 Å². The van der Waals surface area contributed by atoms with E-state index in [1.54, 1.807) is 11.8 Å². The Bertz CT molecular complexity index is 561. The van der Waals surface area contributed by atoms with E-state index in [4.69, 9.17) is 0 Å². The molecular formula is C18H24N2O2S. The van der Waals surface area contributed by atoms with Crippen LogP contribution in [-0.2, 0) is 9.59 Å². The summed E-state index contributed by atoms with van der Waals surface area (Å²) < 4.78 is 0. The molecule has 0 unspecified atom stereocenters. The number of carbonyl (C=O) groups is 2. The smallest absolute Gasteiger partial charge is 0.230 e. The molecule has 2 amide bonds. The van der Waals surface area contributed by atoms with Crippen LogP contribution < -0.4 is 5.32 Å². The second kappa shape index (κ2) is 7.39. The first-order valence-corrected chi connectivity index (χ1v) is 9.38. The zero-order valence-electron chi connectivity index (χ0n) is 13.6. The lowest BCUT2D eigenvalue weighted by Crippen LogP contribution is -2.47. The molecular weight excluding hydrogens is 308 g/mol. The topological polar surface area (TPSA) is 49.4 Å². The van der Waals surface area contributed by atoms with E-state index in [0.717, 1.165) is 43.7 Å². The number of hydrogen-bond donors (Lipinski definition) is 1. The van der Waals surface area contributed by atoms with Gasteiger partial charge in [0.15, 0.2) is 0 Å². The normalized spacial score (nSPS) is 18.7. The molecule has 124 valence electrons. The van der Waals surface area contributed by atoms with Gasteiger partial charge < -0.3 is 10.2 Å². The molecule has 2 aliphatic rings. The number of benzene rings is 1. The third-order valence-corrected chi connectivity index (χ3v) is 5.50. The van der Waals surface area contributed by atoms with Crippen LogP contribution in [0.1, 0.15) is 31.2 Å². The molecule has 4 nitrogen and oxygen atoms in total. The minimum absolute atomic E-state index is 0.0857. The van der Waals surface area contributed by atoms with E-state index in [1.165, 1.54) is 5.56 Å². The average Bonchev–Trinajstić information content (AvgIpc) is 3.39. The Hall–Kier alpha value is -1.49. The number of nitrogens with one attached hydrogen (secondary N) is 1. The Morgan fingerprint density at radius 1 is 1.13 bits per heavy atom. The van der Waals surface area contributed by atoms with Gasteiger partial charge in [-0.1, -0.05) is 17.7 Å². The lowest BCUT2D eigenvalue weighted by Gasteiger charge is -2.32. The standard InChI is InChI=1S/C18H24N2O2S/c1-13-2-6-16(7-3-13)23-12-17(21)19-15-8-10-20(11-9-15)18(22)14-4-5-14/h2-3,6-7,14-15H,4-5,8-12H2,1H3,(H,19,21). The summed E-state index contributed by atoms with van der Waals surface area (Å²) in [6.45, 7) is 3.62. The zero-order valence-corrected chi connectivity index (χ0v) is 14.4. The Kier molecular flexibility index (Phi) is 5.26. The Morgan fingerprint density at radius 2 is 1.78 bits per heavy atom. The first-order chi connectivity index (χ1) is 11.1. The van der Waals surface area contributed by atoms with E-state index in [1.807, 2.05) is 4.90 Å². The molecule has 1 aliphatic carbocycles. The monoisotopic (exact) mass is 332 g/mol. The van der Waals surface area contributed by atoms with E-state index >= 15 is 0 Å². The summed E-state index contributed by atoms with van der Waals surface area (Å²) in [6.07, 6.45) is 3.87. The predicted octanol–water partition coefficient (Wildman–Crippen LogP) is 2.60. The summed E-state index contributed by atoms with van der Waals surface area (Å²) in [5, 5.41) is 3.11. The molecule has 1 aromatic carbocycles. The van der Waals surface area contributed by atoms with Crippen molar-refractivity contribution < 1.29 is 9.59 Å². The van der Waals surface area contributed by atoms with Gasteiger partial charge in [-0.05, 0) is 44.7 Å². The molecule has 5 heteroatoms. The molecule has 23 heavy (non-hydrogen) atoms. The number of carbonyl (C=O) groups excluding carboxylic acids is 2. The Morgan fingerprint density at radius 3 is 2.39 bits per heavy atom. The van der Waals surface area contributed by atoms with Crippen LogP contribution >= 0.6 is 11.8 Å². The molecule has 3 rings (SSSR count). The minimum atomic E-state index is 0.0857. The molecule has 1 saturated carbocycles. The zero-order chi connectivity index (χ0) is 16.2. The maximum absolute atomic E-state index is 12.1. The number of aryl methyl sites for hydroxylation is 1. The lowest BCUT2D eigenvalue weighted by atomic mass is 10.0. The predicted molar refractivity (Wildman–Crippen MR) is 92.4 cm³/mol. The van der Waals surface area contributed by atoms with Crippen LogP contribution in [0, 0.1) is 12.8 Å². The van der Waals surface area contributed by atoms with Gasteiger partial charge in [-0.25, -0.2) is 0 Å². The molecule has 2 fully saturated rings. The highest BCUT2D eigenvalue weighted by Crippen LogP contribution is 2.31. The van der Waals surface area contributed by atoms with Crippen molar-refractivity contribution in [3.63, 3.8) is 0 Å². The van der Waals surface area contributed by atoms with Crippen LogP contribution in [0.25, 0.3) is 0 Å². The highest BCUT2D eigenvalue weighted by Gasteiger charge is 2.35. The number of likely N-dealkylation sites (tertiary alicyclic amines) is 1. The van der Waals surface area contributed by atoms with Crippen LogP contribution in [-0.4, -0.2) is 41.6 Å². The molecule has 1 N–H and O–H groups in total. The Balaban J connectivity index is 1.37. The van der Waals surface area contributed by atoms with Gasteiger partial charge in [0.1, 0.15) is 0 Å². The van der Waals surface area contributed by atoms with Gasteiger partial charge >= 0.3 is 0 Å². The van der Waals surface area contributed by atoms with E-state index < -0.39 is 0 Å². The van der Waals surface area contributed by atoms with Crippen molar-refractivity contribution in [3.05, 3.63) is 29.8 Å². The summed E-state index contributed by atoms with van der Waals surface area (Å²) in [6, 6.07) is 8.44. The average molecular weight is 332 g/mol. The quantitative estimate of drug-likeness (QED) is 0.843. The van der Waals surface area contributed by atoms with Gasteiger partial charge in [0, 0.05) is 29.9 Å². The van der Waals surface area contributed by atoms with Crippen molar-refractivity contribution >= 4 is 23.6 Å². The highest BCUT2D eigenvalue weighted by atomic mass is 32.2. The van der Waals surface area contributed by atoms with E-state index in [-0.39, 0.29) is 11.9 Å². The number of piperidine rings is 1. The van der Waals surface area contributed by atoms with Crippen molar-refractivity contribution in [2.45, 2.75) is 43.5 Å². The van der Waals surface area contributed by atoms with Crippen molar-refractivity contribution in [2.24, 2.45) is 5.92 Å². The Labute approximate surface area is 142 Å². The maximum atomic E-state index is 12.1. The molecule has 0 bridgehead atoms. The fourth-order valence-electron chi connectivity index (χ4n) is 2.89. The van der Waals surface area contributed by atoms with Crippen LogP contribution in [0.3, 0.4) is 0 Å². The third kappa shape index (κ3) is 4.74. The number of thioether (sulfide) groups is 1. The number of amides is 2. The van der Waals surface area contributed by atoms with Crippen LogP contribution in [0.4, 0.5) is 0 Å². The number of nitrogens with zero attached hydrogens (tertiary/aromatic N) is 1. The molecule has 0 aromatic heterocycles. The third-order valence-electron chi connectivity index (χ3n) is 4.49. The summed E-state index contributed by atoms with van der Waals surface area (Å²) >= 11 is 1.57. The summed E-state index contributed by atoms with van der Waals surface area (Å²) in [5.74, 6) is 1.16. The first-order valence-electron chi connectivity index (χ1n) is 8.39. The van der Waals surface area contributed by atoms with Gasteiger partial charge in [-0.15, -0.1) is 11.8 Å². The summed E-state index contributed by atoms with van der Waals surface area (Å²) in [4.78, 5) is 27.2. The molecule has 1 saturated heterocycles. The second-order valence-electron chi connectivity index (χ2n) is 6.54. The van der Waals surface area contributed by atoms with Crippen molar-refractivity contribution in [2.75, 3.05) is 18.8 Å². The lowest BCUT2D eigenvalue weighted by molar-refractivity contribution is -0.133. The summed E-state index contributed by atoms with van der Waals surface area (Å²) in [5.41, 5.74) is 1.23. The second-order valence-corrected chi connectivity index (χ2v) is 7.59. The minimum Gasteiger partial charge on any atom is -0.353 e. The van der Waals surface area contributed by atoms with Crippen LogP contribution in [0.2, 0.25) is 0 Å². The molecule has 1 heterocycles. The van der Waals surface area contributed by atoms with Gasteiger partial charge in [0.25, 0.3) is 0 Å². The largest absolute Gasteiger partial charge is 0.353 e. The van der Waals surface area contributed by atoms with E-state index in [0.29, 0.717) is 17.6 Å². The molecule has 0 atom stereocenters. The van der Waals surface area contributed by atoms with Crippen LogP contribution in [0.5, 0.6) is 0 Å². The molecule has 1 aliphatic heterocycles. The van der Waals surface area contributed by atoms with Crippen molar-refractivity contribution in [1.29, 1.82) is 0 Å². The van der Waals surface area contributed by atoms with Gasteiger partial charge in [-0.2, -0.15) is 0 Å². The molecule has 0 radical (unpaired) electrons. The number of rotatable bonds is 5. The molecule has 0 spiro atoms. The number of hydrogen-bond acceptors (Lipinski definition) is 3. The summed E-state index contributed by atoms with van der Waals surface area (Å²) in [7, 11) is 0. The van der Waals surface area contributed by atoms with Gasteiger partial charge in [0.2, 0.25) is 11.8 Å². The van der Waals surface area contributed by atoms with Gasteiger partial charge in [0.05, 0.1) is 5.75 Å². The SMILES string of the molecule is Cc1ccc(SCC(=O)NC2CCN(C(=O)C3CC3)CC2)cc1. The maximum Gasteiger partial charge on any atom is 0.230 e.